The fourth-order valence-electron chi connectivity index (χ4n) is 5.15. The summed E-state index contributed by atoms with van der Waals surface area (Å²) in [6.45, 7) is 3.54. The number of rotatable bonds is 8. The van der Waals surface area contributed by atoms with Crippen LogP contribution >= 0.6 is 11.6 Å². The van der Waals surface area contributed by atoms with Crippen LogP contribution in [-0.4, -0.2) is 69.8 Å². The van der Waals surface area contributed by atoms with Gasteiger partial charge in [0.15, 0.2) is 5.69 Å². The highest BCUT2D eigenvalue weighted by Gasteiger charge is 2.32. The number of nitriles is 1. The number of nitrogens with one attached hydrogen (secondary N) is 3. The number of aryl methyl sites for hydroxylation is 1. The summed E-state index contributed by atoms with van der Waals surface area (Å²) in [5, 5.41) is 21.5. The van der Waals surface area contributed by atoms with Crippen LogP contribution in [0.2, 0.25) is 5.02 Å². The highest BCUT2D eigenvalue weighted by molar-refractivity contribution is 6.36. The van der Waals surface area contributed by atoms with Gasteiger partial charge in [-0.05, 0) is 45.1 Å². The number of anilines is 1. The van der Waals surface area contributed by atoms with Crippen LogP contribution in [0, 0.1) is 18.3 Å². The van der Waals surface area contributed by atoms with Gasteiger partial charge in [0.25, 0.3) is 0 Å². The van der Waals surface area contributed by atoms with Gasteiger partial charge in [0.05, 0.1) is 22.8 Å². The summed E-state index contributed by atoms with van der Waals surface area (Å²) >= 11 is 6.31. The molecule has 40 heavy (non-hydrogen) atoms. The summed E-state index contributed by atoms with van der Waals surface area (Å²) in [5.74, 6) is -0.505. The molecule has 2 fully saturated rings. The molecule has 0 unspecified atom stereocenters. The van der Waals surface area contributed by atoms with E-state index in [1.807, 2.05) is 12.1 Å². The molecule has 1 atom stereocenters. The number of aromatic nitrogens is 2. The molecule has 2 aliphatic heterocycles. The van der Waals surface area contributed by atoms with Gasteiger partial charge in [0.1, 0.15) is 29.3 Å². The lowest BCUT2D eigenvalue weighted by molar-refractivity contribution is -0.140. The van der Waals surface area contributed by atoms with Crippen LogP contribution in [0.25, 0.3) is 10.9 Å². The average molecular weight is 564 g/mol. The number of ketones is 1. The molecule has 1 aromatic carbocycles. The minimum absolute atomic E-state index is 0.00598. The van der Waals surface area contributed by atoms with Crippen molar-refractivity contribution in [2.75, 3.05) is 31.5 Å². The minimum atomic E-state index is -0.766. The number of halogens is 1. The molecule has 0 aliphatic carbocycles. The SMILES string of the molecule is Cc1cc(C(=O)/C(C#N)=C(/Nc2cccc3c(Cl)c[nH]c23)N[C@H]2CCCCN(CC(=O)N3CCCC3)C2=O)no1. The number of fused-ring (bicyclic) bond motifs is 1. The first-order chi connectivity index (χ1) is 19.4. The Labute approximate surface area is 236 Å². The largest absolute Gasteiger partial charge is 0.361 e. The zero-order valence-corrected chi connectivity index (χ0v) is 22.9. The number of aromatic amines is 1. The molecule has 4 heterocycles. The van der Waals surface area contributed by atoms with E-state index in [2.05, 4.69) is 20.8 Å². The van der Waals surface area contributed by atoms with Gasteiger partial charge in [0, 0.05) is 37.3 Å². The number of Topliss-reactive ketones (excluding diaryl/α,β-unsaturated/α-hetero) is 1. The summed E-state index contributed by atoms with van der Waals surface area (Å²) in [6, 6.07) is 8.07. The number of hydrogen-bond acceptors (Lipinski definition) is 8. The van der Waals surface area contributed by atoms with E-state index in [0.29, 0.717) is 48.0 Å². The van der Waals surface area contributed by atoms with E-state index in [9.17, 15) is 19.6 Å². The molecule has 2 aliphatic rings. The number of amides is 2. The Morgan fingerprint density at radius 2 is 2.00 bits per heavy atom. The molecule has 0 radical (unpaired) electrons. The van der Waals surface area contributed by atoms with Crippen LogP contribution in [0.1, 0.15) is 48.4 Å². The van der Waals surface area contributed by atoms with Crippen LogP contribution in [-0.2, 0) is 9.59 Å². The summed E-state index contributed by atoms with van der Waals surface area (Å²) in [4.78, 5) is 46.4. The number of para-hydroxylation sites is 1. The highest BCUT2D eigenvalue weighted by Crippen LogP contribution is 2.30. The third kappa shape index (κ3) is 5.67. The molecule has 3 N–H and O–H groups in total. The Kier molecular flexibility index (Phi) is 8.07. The maximum atomic E-state index is 13.7. The molecule has 0 bridgehead atoms. The zero-order chi connectivity index (χ0) is 28.2. The van der Waals surface area contributed by atoms with E-state index in [1.54, 1.807) is 35.1 Å². The fraction of sp³-hybridized carbons (Fsp3) is 0.393. The van der Waals surface area contributed by atoms with Crippen molar-refractivity contribution in [1.29, 1.82) is 5.26 Å². The van der Waals surface area contributed by atoms with Crippen LogP contribution in [0.15, 0.2) is 46.4 Å². The van der Waals surface area contributed by atoms with Crippen molar-refractivity contribution in [2.24, 2.45) is 0 Å². The summed E-state index contributed by atoms with van der Waals surface area (Å²) in [6.07, 6.45) is 5.52. The Bertz CT molecular complexity index is 1510. The minimum Gasteiger partial charge on any atom is -0.361 e. The fourth-order valence-corrected chi connectivity index (χ4v) is 5.36. The van der Waals surface area contributed by atoms with Crippen molar-refractivity contribution in [1.82, 2.24) is 25.3 Å². The topological polar surface area (TPSA) is 147 Å². The zero-order valence-electron chi connectivity index (χ0n) is 22.1. The number of carbonyl (C=O) groups excluding carboxylic acids is 3. The Morgan fingerprint density at radius 1 is 1.23 bits per heavy atom. The lowest BCUT2D eigenvalue weighted by Crippen LogP contribution is -2.49. The molecular weight excluding hydrogens is 534 g/mol. The van der Waals surface area contributed by atoms with E-state index in [4.69, 9.17) is 16.1 Å². The van der Waals surface area contributed by atoms with Crippen molar-refractivity contribution in [3.8, 4) is 6.07 Å². The van der Waals surface area contributed by atoms with Crippen molar-refractivity contribution >= 4 is 45.8 Å². The third-order valence-electron chi connectivity index (χ3n) is 7.26. The van der Waals surface area contributed by atoms with Gasteiger partial charge in [0.2, 0.25) is 17.6 Å². The molecule has 208 valence electrons. The Hall–Kier alpha value is -4.30. The molecule has 5 rings (SSSR count). The number of benzene rings is 1. The van der Waals surface area contributed by atoms with Gasteiger partial charge in [-0.15, -0.1) is 0 Å². The third-order valence-corrected chi connectivity index (χ3v) is 7.57. The van der Waals surface area contributed by atoms with Gasteiger partial charge in [-0.3, -0.25) is 14.4 Å². The Morgan fingerprint density at radius 3 is 2.73 bits per heavy atom. The first-order valence-corrected chi connectivity index (χ1v) is 13.7. The quantitative estimate of drug-likeness (QED) is 0.213. The number of likely N-dealkylation sites (tertiary alicyclic amines) is 2. The number of H-pyrrole nitrogens is 1. The van der Waals surface area contributed by atoms with Crippen molar-refractivity contribution in [2.45, 2.75) is 45.1 Å². The normalized spacial score (nSPS) is 18.3. The van der Waals surface area contributed by atoms with E-state index in [-0.39, 0.29) is 35.4 Å². The van der Waals surface area contributed by atoms with E-state index in [1.165, 1.54) is 6.07 Å². The van der Waals surface area contributed by atoms with Gasteiger partial charge >= 0.3 is 0 Å². The van der Waals surface area contributed by atoms with Gasteiger partial charge in [-0.25, -0.2) is 0 Å². The maximum Gasteiger partial charge on any atom is 0.245 e. The first kappa shape index (κ1) is 27.3. The van der Waals surface area contributed by atoms with E-state index in [0.717, 1.165) is 31.1 Å². The predicted octanol–water partition coefficient (Wildman–Crippen LogP) is 3.74. The first-order valence-electron chi connectivity index (χ1n) is 13.3. The van der Waals surface area contributed by atoms with E-state index < -0.39 is 11.8 Å². The van der Waals surface area contributed by atoms with Gasteiger partial charge in [-0.2, -0.15) is 5.26 Å². The molecule has 2 aromatic heterocycles. The molecule has 3 aromatic rings. The molecule has 2 saturated heterocycles. The molecule has 0 spiro atoms. The summed E-state index contributed by atoms with van der Waals surface area (Å²) in [5.41, 5.74) is 0.922. The van der Waals surface area contributed by atoms with Gasteiger partial charge in [-0.1, -0.05) is 28.9 Å². The highest BCUT2D eigenvalue weighted by atomic mass is 35.5. The molecular formula is C28H30ClN7O4. The van der Waals surface area contributed by atoms with Crippen LogP contribution in [0.4, 0.5) is 5.69 Å². The van der Waals surface area contributed by atoms with Crippen LogP contribution < -0.4 is 10.6 Å². The standard InChI is InChI=1S/C28H30ClN7O4/c1-17-13-23(34-40-17)26(38)19(14-30)27(32-21-9-6-7-18-20(29)15-31-25(18)21)33-22-8-2-3-12-36(28(22)39)16-24(37)35-10-4-5-11-35/h6-7,9,13,15,22,31-33H,2-5,8,10-12,16H2,1H3/b27-19-/t22-/m0/s1. The molecule has 2 amide bonds. The molecule has 11 nitrogen and oxygen atoms in total. The smallest absolute Gasteiger partial charge is 0.245 e. The second-order valence-corrected chi connectivity index (χ2v) is 10.5. The maximum absolute atomic E-state index is 13.7. The van der Waals surface area contributed by atoms with Crippen molar-refractivity contribution in [3.63, 3.8) is 0 Å². The predicted molar refractivity (Wildman–Crippen MR) is 148 cm³/mol. The summed E-state index contributed by atoms with van der Waals surface area (Å²) in [7, 11) is 0. The second kappa shape index (κ2) is 11.8. The average Bonchev–Trinajstić information content (AvgIpc) is 3.70. The number of allylic oxidation sites excluding steroid dienone is 1. The van der Waals surface area contributed by atoms with E-state index >= 15 is 0 Å². The van der Waals surface area contributed by atoms with Crippen LogP contribution in [0.3, 0.4) is 0 Å². The lowest BCUT2D eigenvalue weighted by atomic mass is 10.1. The monoisotopic (exact) mass is 563 g/mol. The number of carbonyl (C=O) groups is 3. The molecule has 0 saturated carbocycles. The van der Waals surface area contributed by atoms with Gasteiger partial charge < -0.3 is 29.9 Å². The summed E-state index contributed by atoms with van der Waals surface area (Å²) < 4.78 is 5.06. The number of nitrogens with zero attached hydrogens (tertiary/aromatic N) is 4. The number of hydrogen-bond donors (Lipinski definition) is 3. The van der Waals surface area contributed by atoms with Crippen molar-refractivity contribution in [3.05, 3.63) is 58.3 Å². The lowest BCUT2D eigenvalue weighted by Gasteiger charge is -2.28. The van der Waals surface area contributed by atoms with Crippen molar-refractivity contribution < 1.29 is 18.9 Å². The second-order valence-electron chi connectivity index (χ2n) is 10.0. The van der Waals surface area contributed by atoms with Crippen LogP contribution in [0.5, 0.6) is 0 Å². The molecule has 12 heteroatoms. The Balaban J connectivity index is 1.48.